The van der Waals surface area contributed by atoms with Gasteiger partial charge in [0.2, 0.25) is 0 Å². The van der Waals surface area contributed by atoms with Gasteiger partial charge in [0.15, 0.2) is 0 Å². The molecule has 1 aromatic heterocycles. The first-order valence-corrected chi connectivity index (χ1v) is 7.27. The summed E-state index contributed by atoms with van der Waals surface area (Å²) in [5.74, 6) is 0. The van der Waals surface area contributed by atoms with Crippen molar-refractivity contribution in [3.05, 3.63) is 10.0 Å². The highest BCUT2D eigenvalue weighted by Crippen LogP contribution is 2.19. The summed E-state index contributed by atoms with van der Waals surface area (Å²) < 4.78 is 5.72. The molecule has 1 saturated heterocycles. The monoisotopic (exact) mass is 255 g/mol. The molecular weight excluding hydrogens is 234 g/mol. The Kier molecular flexibility index (Phi) is 5.35. The third kappa shape index (κ3) is 4.33. The molecule has 0 aliphatic carbocycles. The van der Waals surface area contributed by atoms with E-state index >= 15 is 0 Å². The molecule has 1 N–H and O–H groups in total. The first-order valence-electron chi connectivity index (χ1n) is 6.46. The molecule has 1 aromatic rings. The molecule has 96 valence electrons. The van der Waals surface area contributed by atoms with Crippen LogP contribution in [-0.4, -0.2) is 36.5 Å². The number of nitrogens with zero attached hydrogens (tertiary/aromatic N) is 2. The molecule has 0 saturated carbocycles. The Morgan fingerprint density at radius 1 is 1.35 bits per heavy atom. The number of hydrogen-bond donors (Lipinski definition) is 1. The summed E-state index contributed by atoms with van der Waals surface area (Å²) in [5.41, 5.74) is 0. The smallest absolute Gasteiger partial charge is 0.120 e. The molecule has 1 unspecified atom stereocenters. The van der Waals surface area contributed by atoms with E-state index < -0.39 is 0 Å². The van der Waals surface area contributed by atoms with Crippen LogP contribution in [-0.2, 0) is 17.6 Å². The van der Waals surface area contributed by atoms with Gasteiger partial charge in [-0.25, -0.2) is 0 Å². The Bertz CT molecular complexity index is 323. The Balaban J connectivity index is 1.76. The summed E-state index contributed by atoms with van der Waals surface area (Å²) in [4.78, 5) is 0. The minimum absolute atomic E-state index is 0.377. The van der Waals surface area contributed by atoms with Gasteiger partial charge in [-0.15, -0.1) is 21.5 Å². The van der Waals surface area contributed by atoms with E-state index in [1.54, 1.807) is 11.3 Å². The van der Waals surface area contributed by atoms with Crippen LogP contribution >= 0.6 is 11.3 Å². The number of aromatic nitrogens is 2. The van der Waals surface area contributed by atoms with Crippen molar-refractivity contribution < 1.29 is 4.74 Å². The van der Waals surface area contributed by atoms with Crippen molar-refractivity contribution >= 4 is 11.3 Å². The van der Waals surface area contributed by atoms with E-state index in [2.05, 4.69) is 15.5 Å². The van der Waals surface area contributed by atoms with E-state index in [-0.39, 0.29) is 0 Å². The Hall–Kier alpha value is -0.520. The maximum Gasteiger partial charge on any atom is 0.120 e. The number of ether oxygens (including phenoxy) is 1. The predicted octanol–water partition coefficient (Wildman–Crippen LogP) is 1.80. The van der Waals surface area contributed by atoms with Crippen LogP contribution in [0.1, 0.15) is 35.7 Å². The summed E-state index contributed by atoms with van der Waals surface area (Å²) in [6.45, 7) is 1.96. The van der Waals surface area contributed by atoms with Gasteiger partial charge in [0, 0.05) is 19.4 Å². The minimum Gasteiger partial charge on any atom is -0.378 e. The van der Waals surface area contributed by atoms with Crippen LogP contribution in [0.2, 0.25) is 0 Å². The Morgan fingerprint density at radius 3 is 3.00 bits per heavy atom. The maximum absolute atomic E-state index is 5.72. The molecule has 0 aromatic carbocycles. The lowest BCUT2D eigenvalue weighted by Crippen LogP contribution is -2.21. The third-order valence-corrected chi connectivity index (χ3v) is 4.01. The van der Waals surface area contributed by atoms with Gasteiger partial charge in [-0.2, -0.15) is 0 Å². The second kappa shape index (κ2) is 7.03. The van der Waals surface area contributed by atoms with Crippen molar-refractivity contribution in [2.24, 2.45) is 0 Å². The normalized spacial score (nSPS) is 20.6. The zero-order valence-corrected chi connectivity index (χ0v) is 11.3. The van der Waals surface area contributed by atoms with Gasteiger partial charge in [-0.05, 0) is 39.3 Å². The maximum atomic E-state index is 5.72. The van der Waals surface area contributed by atoms with Crippen LogP contribution in [0, 0.1) is 0 Å². The highest BCUT2D eigenvalue weighted by atomic mass is 32.1. The van der Waals surface area contributed by atoms with Crippen molar-refractivity contribution in [2.45, 2.75) is 44.6 Å². The number of aryl methyl sites for hydroxylation is 1. The fourth-order valence-electron chi connectivity index (χ4n) is 2.05. The zero-order valence-electron chi connectivity index (χ0n) is 10.4. The molecule has 0 spiro atoms. The summed E-state index contributed by atoms with van der Waals surface area (Å²) >= 11 is 1.75. The molecule has 17 heavy (non-hydrogen) atoms. The second-order valence-corrected chi connectivity index (χ2v) is 5.64. The molecule has 1 atom stereocenters. The first-order chi connectivity index (χ1) is 8.38. The second-order valence-electron chi connectivity index (χ2n) is 4.49. The Labute approximate surface area is 107 Å². The van der Waals surface area contributed by atoms with Crippen LogP contribution in [0.3, 0.4) is 0 Å². The molecule has 4 nitrogen and oxygen atoms in total. The SMILES string of the molecule is CNCCCc1nnc(CC2CCCCO2)s1. The zero-order chi connectivity index (χ0) is 11.9. The topological polar surface area (TPSA) is 47.0 Å². The lowest BCUT2D eigenvalue weighted by Gasteiger charge is -2.21. The van der Waals surface area contributed by atoms with Crippen LogP contribution in [0.4, 0.5) is 0 Å². The summed E-state index contributed by atoms with van der Waals surface area (Å²) in [6, 6.07) is 0. The number of hydrogen-bond acceptors (Lipinski definition) is 5. The third-order valence-electron chi connectivity index (χ3n) is 3.00. The van der Waals surface area contributed by atoms with Gasteiger partial charge in [0.25, 0.3) is 0 Å². The summed E-state index contributed by atoms with van der Waals surface area (Å²) in [6.07, 6.45) is 7.16. The average Bonchev–Trinajstić information content (AvgIpc) is 2.79. The molecule has 0 radical (unpaired) electrons. The molecule has 1 aliphatic rings. The van der Waals surface area contributed by atoms with Crippen molar-refractivity contribution in [2.75, 3.05) is 20.2 Å². The largest absolute Gasteiger partial charge is 0.378 e. The van der Waals surface area contributed by atoms with E-state index in [1.807, 2.05) is 7.05 Å². The quantitative estimate of drug-likeness (QED) is 0.787. The summed E-state index contributed by atoms with van der Waals surface area (Å²) in [7, 11) is 1.98. The standard InChI is InChI=1S/C12H21N3OS/c1-13-7-4-6-11-14-15-12(17-11)9-10-5-2-3-8-16-10/h10,13H,2-9H2,1H3. The van der Waals surface area contributed by atoms with E-state index in [1.165, 1.54) is 19.3 Å². The molecule has 2 rings (SSSR count). The van der Waals surface area contributed by atoms with Crippen LogP contribution in [0.15, 0.2) is 0 Å². The Morgan fingerprint density at radius 2 is 2.24 bits per heavy atom. The minimum atomic E-state index is 0.377. The fraction of sp³-hybridized carbons (Fsp3) is 0.833. The van der Waals surface area contributed by atoms with Gasteiger partial charge in [-0.3, -0.25) is 0 Å². The number of rotatable bonds is 6. The average molecular weight is 255 g/mol. The highest BCUT2D eigenvalue weighted by molar-refractivity contribution is 7.11. The van der Waals surface area contributed by atoms with Gasteiger partial charge in [0.05, 0.1) is 6.10 Å². The lowest BCUT2D eigenvalue weighted by atomic mass is 10.1. The van der Waals surface area contributed by atoms with E-state index in [9.17, 15) is 0 Å². The van der Waals surface area contributed by atoms with Gasteiger partial charge in [0.1, 0.15) is 10.0 Å². The predicted molar refractivity (Wildman–Crippen MR) is 69.5 cm³/mol. The van der Waals surface area contributed by atoms with Crippen molar-refractivity contribution in [1.82, 2.24) is 15.5 Å². The summed E-state index contributed by atoms with van der Waals surface area (Å²) in [5, 5.41) is 13.9. The van der Waals surface area contributed by atoms with Gasteiger partial charge >= 0.3 is 0 Å². The van der Waals surface area contributed by atoms with Crippen LogP contribution in [0.25, 0.3) is 0 Å². The molecule has 1 fully saturated rings. The van der Waals surface area contributed by atoms with Crippen LogP contribution < -0.4 is 5.32 Å². The first kappa shape index (κ1) is 12.9. The van der Waals surface area contributed by atoms with E-state index in [0.717, 1.165) is 42.4 Å². The highest BCUT2D eigenvalue weighted by Gasteiger charge is 2.16. The number of nitrogens with one attached hydrogen (secondary N) is 1. The van der Waals surface area contributed by atoms with Crippen molar-refractivity contribution in [3.8, 4) is 0 Å². The fourth-order valence-corrected chi connectivity index (χ4v) is 3.00. The molecule has 0 amide bonds. The van der Waals surface area contributed by atoms with Crippen molar-refractivity contribution in [1.29, 1.82) is 0 Å². The van der Waals surface area contributed by atoms with E-state index in [0.29, 0.717) is 6.10 Å². The molecule has 5 heteroatoms. The van der Waals surface area contributed by atoms with Gasteiger partial charge < -0.3 is 10.1 Å². The van der Waals surface area contributed by atoms with Gasteiger partial charge in [-0.1, -0.05) is 0 Å². The molecule has 1 aliphatic heterocycles. The molecular formula is C12H21N3OS. The molecule has 0 bridgehead atoms. The van der Waals surface area contributed by atoms with Crippen molar-refractivity contribution in [3.63, 3.8) is 0 Å². The van der Waals surface area contributed by atoms with E-state index in [4.69, 9.17) is 4.74 Å². The lowest BCUT2D eigenvalue weighted by molar-refractivity contribution is 0.0167. The molecule has 2 heterocycles. The van der Waals surface area contributed by atoms with Crippen LogP contribution in [0.5, 0.6) is 0 Å².